The van der Waals surface area contributed by atoms with Gasteiger partial charge in [-0.25, -0.2) is 0 Å². The summed E-state index contributed by atoms with van der Waals surface area (Å²) in [6.45, 7) is 4.74. The molecule has 0 saturated heterocycles. The third-order valence-corrected chi connectivity index (χ3v) is 5.57. The first-order chi connectivity index (χ1) is 7.49. The first-order valence-corrected chi connectivity index (χ1v) is 7.60. The van der Waals surface area contributed by atoms with E-state index in [-0.39, 0.29) is 0 Å². The average Bonchev–Trinajstić information content (AvgIpc) is 2.72. The molecule has 1 fully saturated rings. The van der Waals surface area contributed by atoms with Crippen LogP contribution in [0.4, 0.5) is 0 Å². The molecule has 1 aliphatic carbocycles. The molecular weight excluding hydrogens is 282 g/mol. The van der Waals surface area contributed by atoms with Crippen molar-refractivity contribution in [2.24, 2.45) is 17.1 Å². The average molecular weight is 302 g/mol. The molecule has 2 unspecified atom stereocenters. The van der Waals surface area contributed by atoms with Crippen molar-refractivity contribution in [2.45, 2.75) is 45.6 Å². The normalized spacial score (nSPS) is 25.9. The van der Waals surface area contributed by atoms with Gasteiger partial charge in [-0.3, -0.25) is 0 Å². The highest BCUT2D eigenvalue weighted by Gasteiger charge is 2.37. The molecule has 0 spiro atoms. The molecule has 90 valence electrons. The number of halogens is 1. The predicted molar refractivity (Wildman–Crippen MR) is 74.8 cm³/mol. The maximum atomic E-state index is 6.39. The zero-order valence-electron chi connectivity index (χ0n) is 10.0. The SMILES string of the molecule is CC1(C)CCCC1C(N)Cc1ccc(Br)s1. The van der Waals surface area contributed by atoms with Gasteiger partial charge in [0.2, 0.25) is 0 Å². The molecule has 0 bridgehead atoms. The van der Waals surface area contributed by atoms with Crippen LogP contribution in [-0.4, -0.2) is 6.04 Å². The van der Waals surface area contributed by atoms with Crippen LogP contribution in [0.25, 0.3) is 0 Å². The second-order valence-electron chi connectivity index (χ2n) is 5.56. The molecule has 1 saturated carbocycles. The lowest BCUT2D eigenvalue weighted by atomic mass is 9.77. The summed E-state index contributed by atoms with van der Waals surface area (Å²) in [6, 6.07) is 4.63. The van der Waals surface area contributed by atoms with E-state index in [2.05, 4.69) is 41.9 Å². The molecule has 1 aromatic rings. The minimum Gasteiger partial charge on any atom is -0.327 e. The second kappa shape index (κ2) is 4.79. The van der Waals surface area contributed by atoms with Gasteiger partial charge in [0.15, 0.2) is 0 Å². The number of nitrogens with two attached hydrogens (primary N) is 1. The van der Waals surface area contributed by atoms with E-state index in [0.29, 0.717) is 17.4 Å². The summed E-state index contributed by atoms with van der Waals surface area (Å²) in [4.78, 5) is 1.40. The van der Waals surface area contributed by atoms with Crippen molar-refractivity contribution in [2.75, 3.05) is 0 Å². The molecule has 3 heteroatoms. The van der Waals surface area contributed by atoms with E-state index < -0.39 is 0 Å². The molecule has 16 heavy (non-hydrogen) atoms. The van der Waals surface area contributed by atoms with Crippen LogP contribution >= 0.6 is 27.3 Å². The largest absolute Gasteiger partial charge is 0.327 e. The molecule has 2 N–H and O–H groups in total. The Balaban J connectivity index is 2.00. The first kappa shape index (κ1) is 12.6. The van der Waals surface area contributed by atoms with Crippen molar-refractivity contribution in [3.8, 4) is 0 Å². The van der Waals surface area contributed by atoms with Crippen LogP contribution in [0, 0.1) is 11.3 Å². The van der Waals surface area contributed by atoms with Crippen LogP contribution in [-0.2, 0) is 6.42 Å². The summed E-state index contributed by atoms with van der Waals surface area (Å²) in [6.07, 6.45) is 5.02. The lowest BCUT2D eigenvalue weighted by molar-refractivity contribution is 0.220. The fourth-order valence-electron chi connectivity index (χ4n) is 2.98. The van der Waals surface area contributed by atoms with Gasteiger partial charge in [0.1, 0.15) is 0 Å². The van der Waals surface area contributed by atoms with E-state index >= 15 is 0 Å². The molecule has 1 aromatic heterocycles. The Hall–Kier alpha value is 0.140. The Labute approximate surface area is 111 Å². The summed E-state index contributed by atoms with van der Waals surface area (Å²) < 4.78 is 1.21. The van der Waals surface area contributed by atoms with Crippen molar-refractivity contribution in [1.82, 2.24) is 0 Å². The van der Waals surface area contributed by atoms with Crippen molar-refractivity contribution < 1.29 is 0 Å². The van der Waals surface area contributed by atoms with Gasteiger partial charge in [0.05, 0.1) is 3.79 Å². The molecule has 1 nitrogen and oxygen atoms in total. The summed E-state index contributed by atoms with van der Waals surface area (Å²) >= 11 is 5.32. The van der Waals surface area contributed by atoms with E-state index in [9.17, 15) is 0 Å². The Morgan fingerprint density at radius 3 is 2.81 bits per heavy atom. The second-order valence-corrected chi connectivity index (χ2v) is 8.11. The highest BCUT2D eigenvalue weighted by Crippen LogP contribution is 2.44. The van der Waals surface area contributed by atoms with Gasteiger partial charge in [-0.05, 0) is 58.7 Å². The van der Waals surface area contributed by atoms with E-state index in [1.165, 1.54) is 27.9 Å². The van der Waals surface area contributed by atoms with Gasteiger partial charge in [-0.1, -0.05) is 20.3 Å². The Morgan fingerprint density at radius 1 is 1.56 bits per heavy atom. The maximum absolute atomic E-state index is 6.39. The van der Waals surface area contributed by atoms with E-state index in [4.69, 9.17) is 5.73 Å². The van der Waals surface area contributed by atoms with Gasteiger partial charge in [0.25, 0.3) is 0 Å². The van der Waals surface area contributed by atoms with E-state index in [0.717, 1.165) is 6.42 Å². The maximum Gasteiger partial charge on any atom is 0.0701 e. The highest BCUT2D eigenvalue weighted by molar-refractivity contribution is 9.11. The quantitative estimate of drug-likeness (QED) is 0.889. The zero-order chi connectivity index (χ0) is 11.8. The summed E-state index contributed by atoms with van der Waals surface area (Å²) in [5.41, 5.74) is 6.83. The van der Waals surface area contributed by atoms with Gasteiger partial charge < -0.3 is 5.73 Å². The molecule has 0 aromatic carbocycles. The van der Waals surface area contributed by atoms with Gasteiger partial charge in [-0.15, -0.1) is 11.3 Å². The Morgan fingerprint density at radius 2 is 2.31 bits per heavy atom. The summed E-state index contributed by atoms with van der Waals surface area (Å²) in [5, 5.41) is 0. The molecular formula is C13H20BrNS. The van der Waals surface area contributed by atoms with Crippen LogP contribution in [0.15, 0.2) is 15.9 Å². The van der Waals surface area contributed by atoms with Crippen LogP contribution < -0.4 is 5.73 Å². The van der Waals surface area contributed by atoms with Gasteiger partial charge in [-0.2, -0.15) is 0 Å². The van der Waals surface area contributed by atoms with E-state index in [1.54, 1.807) is 0 Å². The van der Waals surface area contributed by atoms with Crippen molar-refractivity contribution in [3.05, 3.63) is 20.8 Å². The number of rotatable bonds is 3. The number of thiophene rings is 1. The lowest BCUT2D eigenvalue weighted by Crippen LogP contribution is -2.37. The van der Waals surface area contributed by atoms with Crippen LogP contribution in [0.1, 0.15) is 38.0 Å². The van der Waals surface area contributed by atoms with Crippen molar-refractivity contribution in [1.29, 1.82) is 0 Å². The van der Waals surface area contributed by atoms with Crippen molar-refractivity contribution in [3.63, 3.8) is 0 Å². The topological polar surface area (TPSA) is 26.0 Å². The molecule has 0 aliphatic heterocycles. The third-order valence-electron chi connectivity index (χ3n) is 3.92. The fourth-order valence-corrected chi connectivity index (χ4v) is 4.54. The fraction of sp³-hybridized carbons (Fsp3) is 0.692. The number of hydrogen-bond donors (Lipinski definition) is 1. The summed E-state index contributed by atoms with van der Waals surface area (Å²) in [5.74, 6) is 0.688. The zero-order valence-corrected chi connectivity index (χ0v) is 12.4. The van der Waals surface area contributed by atoms with Crippen LogP contribution in [0.5, 0.6) is 0 Å². The minimum absolute atomic E-state index is 0.322. The predicted octanol–water partition coefficient (Wildman–Crippen LogP) is 4.21. The molecule has 2 atom stereocenters. The van der Waals surface area contributed by atoms with Crippen molar-refractivity contribution >= 4 is 27.3 Å². The first-order valence-electron chi connectivity index (χ1n) is 5.99. The highest BCUT2D eigenvalue weighted by atomic mass is 79.9. The molecule has 0 amide bonds. The Kier molecular flexibility index (Phi) is 3.77. The Bertz CT molecular complexity index is 359. The minimum atomic E-state index is 0.322. The monoisotopic (exact) mass is 301 g/mol. The standard InChI is InChI=1S/C13H20BrNS/c1-13(2)7-3-4-10(13)11(15)8-9-5-6-12(14)16-9/h5-6,10-11H,3-4,7-8,15H2,1-2H3. The molecule has 0 radical (unpaired) electrons. The van der Waals surface area contributed by atoms with E-state index in [1.807, 2.05) is 11.3 Å². The van der Waals surface area contributed by atoms with Crippen LogP contribution in [0.3, 0.4) is 0 Å². The molecule has 2 rings (SSSR count). The smallest absolute Gasteiger partial charge is 0.0701 e. The van der Waals surface area contributed by atoms with Gasteiger partial charge >= 0.3 is 0 Å². The molecule has 1 aliphatic rings. The number of hydrogen-bond acceptors (Lipinski definition) is 2. The summed E-state index contributed by atoms with van der Waals surface area (Å²) in [7, 11) is 0. The lowest BCUT2D eigenvalue weighted by Gasteiger charge is -2.31. The van der Waals surface area contributed by atoms with Gasteiger partial charge in [0, 0.05) is 10.9 Å². The third kappa shape index (κ3) is 2.69. The van der Waals surface area contributed by atoms with Crippen LogP contribution in [0.2, 0.25) is 0 Å². The molecule has 1 heterocycles.